The summed E-state index contributed by atoms with van der Waals surface area (Å²) in [7, 11) is -3.27. The van der Waals surface area contributed by atoms with E-state index in [1.807, 2.05) is 19.9 Å². The van der Waals surface area contributed by atoms with Crippen LogP contribution in [-0.2, 0) is 9.84 Å². The minimum atomic E-state index is -3.27. The van der Waals surface area contributed by atoms with E-state index in [4.69, 9.17) is 4.52 Å². The van der Waals surface area contributed by atoms with Crippen molar-refractivity contribution in [1.29, 1.82) is 0 Å². The van der Waals surface area contributed by atoms with Crippen LogP contribution in [0.4, 0.5) is 0 Å². The van der Waals surface area contributed by atoms with Gasteiger partial charge in [-0.3, -0.25) is 4.90 Å². The summed E-state index contributed by atoms with van der Waals surface area (Å²) in [6.45, 7) is 5.36. The molecule has 2 aromatic rings. The molecule has 6 nitrogen and oxygen atoms in total. The van der Waals surface area contributed by atoms with E-state index in [1.165, 1.54) is 0 Å². The number of benzene rings is 1. The Labute approximate surface area is 142 Å². The fourth-order valence-corrected chi connectivity index (χ4v) is 4.27. The molecule has 0 N–H and O–H groups in total. The Bertz CT molecular complexity index is 771. The number of likely N-dealkylation sites (tertiary alicyclic amines) is 1. The quantitative estimate of drug-likeness (QED) is 0.798. The van der Waals surface area contributed by atoms with Gasteiger partial charge in [-0.15, -0.1) is 0 Å². The standard InChI is InChI=1S/C17H23N3O3S/c1-13(2)17-18-16(19-23-17)15-9-6-10-20(15)11-12-24(21,22)14-7-4-3-5-8-14/h3-5,7-8,13,15H,6,9-12H2,1-2H3/t15-/m0/s1. The molecule has 0 unspecified atom stereocenters. The summed E-state index contributed by atoms with van der Waals surface area (Å²) in [5.41, 5.74) is 0. The van der Waals surface area contributed by atoms with Gasteiger partial charge in [-0.2, -0.15) is 4.98 Å². The van der Waals surface area contributed by atoms with Crippen LogP contribution in [0, 0.1) is 0 Å². The lowest BCUT2D eigenvalue weighted by molar-refractivity contribution is 0.255. The van der Waals surface area contributed by atoms with Crippen molar-refractivity contribution in [3.63, 3.8) is 0 Å². The van der Waals surface area contributed by atoms with Crippen LogP contribution in [0.2, 0.25) is 0 Å². The highest BCUT2D eigenvalue weighted by Gasteiger charge is 2.31. The van der Waals surface area contributed by atoms with Crippen molar-refractivity contribution in [3.05, 3.63) is 42.0 Å². The van der Waals surface area contributed by atoms with E-state index < -0.39 is 9.84 Å². The Morgan fingerprint density at radius 2 is 2.04 bits per heavy atom. The number of hydrogen-bond acceptors (Lipinski definition) is 6. The summed E-state index contributed by atoms with van der Waals surface area (Å²) in [5.74, 6) is 1.60. The van der Waals surface area contributed by atoms with Gasteiger partial charge in [-0.05, 0) is 31.5 Å². The first-order valence-electron chi connectivity index (χ1n) is 8.33. The molecule has 24 heavy (non-hydrogen) atoms. The van der Waals surface area contributed by atoms with Crippen molar-refractivity contribution in [2.45, 2.75) is 43.5 Å². The van der Waals surface area contributed by atoms with Gasteiger partial charge in [0.1, 0.15) is 0 Å². The number of rotatable bonds is 6. The molecule has 1 atom stereocenters. The predicted octanol–water partition coefficient (Wildman–Crippen LogP) is 2.80. The van der Waals surface area contributed by atoms with Crippen LogP contribution in [0.1, 0.15) is 50.4 Å². The molecular weight excluding hydrogens is 326 g/mol. The zero-order valence-corrected chi connectivity index (χ0v) is 14.9. The number of nitrogens with zero attached hydrogens (tertiary/aromatic N) is 3. The van der Waals surface area contributed by atoms with E-state index in [0.29, 0.717) is 23.2 Å². The second kappa shape index (κ2) is 7.03. The van der Waals surface area contributed by atoms with Crippen LogP contribution in [0.25, 0.3) is 0 Å². The molecule has 1 aromatic carbocycles. The Hall–Kier alpha value is -1.73. The van der Waals surface area contributed by atoms with Gasteiger partial charge in [0.25, 0.3) is 0 Å². The molecule has 0 spiro atoms. The molecule has 1 aliphatic heterocycles. The van der Waals surface area contributed by atoms with Crippen molar-refractivity contribution < 1.29 is 12.9 Å². The summed E-state index contributed by atoms with van der Waals surface area (Å²) in [6.07, 6.45) is 1.95. The average Bonchev–Trinajstić information content (AvgIpc) is 3.22. The zero-order chi connectivity index (χ0) is 17.2. The second-order valence-corrected chi connectivity index (χ2v) is 8.58. The molecule has 130 valence electrons. The number of aromatic nitrogens is 2. The first kappa shape index (κ1) is 17.1. The topological polar surface area (TPSA) is 76.3 Å². The minimum Gasteiger partial charge on any atom is -0.339 e. The van der Waals surface area contributed by atoms with Crippen molar-refractivity contribution >= 4 is 9.84 Å². The number of hydrogen-bond donors (Lipinski definition) is 0. The fraction of sp³-hybridized carbons (Fsp3) is 0.529. The molecule has 0 radical (unpaired) electrons. The molecule has 0 amide bonds. The van der Waals surface area contributed by atoms with Crippen LogP contribution in [0.15, 0.2) is 39.8 Å². The van der Waals surface area contributed by atoms with Gasteiger partial charge >= 0.3 is 0 Å². The third-order valence-electron chi connectivity index (χ3n) is 4.36. The lowest BCUT2D eigenvalue weighted by atomic mass is 10.2. The SMILES string of the molecule is CC(C)c1nc([C@@H]2CCCN2CCS(=O)(=O)c2ccccc2)no1. The Kier molecular flexibility index (Phi) is 5.01. The van der Waals surface area contributed by atoms with E-state index >= 15 is 0 Å². The summed E-state index contributed by atoms with van der Waals surface area (Å²) >= 11 is 0. The smallest absolute Gasteiger partial charge is 0.229 e. The molecule has 1 saturated heterocycles. The molecule has 2 heterocycles. The van der Waals surface area contributed by atoms with Gasteiger partial charge in [0, 0.05) is 12.5 Å². The van der Waals surface area contributed by atoms with Crippen LogP contribution in [-0.4, -0.2) is 42.3 Å². The molecule has 0 bridgehead atoms. The van der Waals surface area contributed by atoms with Gasteiger partial charge in [0.05, 0.1) is 16.7 Å². The van der Waals surface area contributed by atoms with Gasteiger partial charge in [-0.25, -0.2) is 8.42 Å². The van der Waals surface area contributed by atoms with Gasteiger partial charge in [0.15, 0.2) is 15.7 Å². The van der Waals surface area contributed by atoms with Crippen molar-refractivity contribution in [3.8, 4) is 0 Å². The lowest BCUT2D eigenvalue weighted by Crippen LogP contribution is -2.29. The Morgan fingerprint density at radius 1 is 1.29 bits per heavy atom. The minimum absolute atomic E-state index is 0.0484. The first-order chi connectivity index (χ1) is 11.5. The number of sulfone groups is 1. The molecule has 1 fully saturated rings. The highest BCUT2D eigenvalue weighted by atomic mass is 32.2. The molecule has 7 heteroatoms. The van der Waals surface area contributed by atoms with Crippen LogP contribution >= 0.6 is 0 Å². The maximum Gasteiger partial charge on any atom is 0.229 e. The average molecular weight is 349 g/mol. The maximum atomic E-state index is 12.4. The van der Waals surface area contributed by atoms with Crippen molar-refractivity contribution in [2.24, 2.45) is 0 Å². The van der Waals surface area contributed by atoms with E-state index in [2.05, 4.69) is 15.0 Å². The molecule has 1 aromatic heterocycles. The van der Waals surface area contributed by atoms with E-state index in [9.17, 15) is 8.42 Å². The molecule has 0 aliphatic carbocycles. The highest BCUT2D eigenvalue weighted by Crippen LogP contribution is 2.30. The largest absolute Gasteiger partial charge is 0.339 e. The van der Waals surface area contributed by atoms with Crippen molar-refractivity contribution in [1.82, 2.24) is 15.0 Å². The molecular formula is C17H23N3O3S. The molecule has 0 saturated carbocycles. The first-order valence-corrected chi connectivity index (χ1v) is 9.98. The lowest BCUT2D eigenvalue weighted by Gasteiger charge is -2.21. The van der Waals surface area contributed by atoms with Gasteiger partial charge in [0.2, 0.25) is 5.89 Å². The summed E-state index contributed by atoms with van der Waals surface area (Å²) in [5, 5.41) is 4.10. The second-order valence-electron chi connectivity index (χ2n) is 6.47. The van der Waals surface area contributed by atoms with Gasteiger partial charge in [-0.1, -0.05) is 37.2 Å². The monoisotopic (exact) mass is 349 g/mol. The van der Waals surface area contributed by atoms with Crippen molar-refractivity contribution in [2.75, 3.05) is 18.8 Å². The third-order valence-corrected chi connectivity index (χ3v) is 6.07. The van der Waals surface area contributed by atoms with Crippen LogP contribution < -0.4 is 0 Å². The Morgan fingerprint density at radius 3 is 2.71 bits per heavy atom. The predicted molar refractivity (Wildman–Crippen MR) is 90.4 cm³/mol. The van der Waals surface area contributed by atoms with Crippen LogP contribution in [0.5, 0.6) is 0 Å². The third kappa shape index (κ3) is 3.67. The van der Waals surface area contributed by atoms with Crippen LogP contribution in [0.3, 0.4) is 0 Å². The molecule has 3 rings (SSSR count). The van der Waals surface area contributed by atoms with E-state index in [0.717, 1.165) is 19.4 Å². The summed E-state index contributed by atoms with van der Waals surface area (Å²) in [6, 6.07) is 8.65. The highest BCUT2D eigenvalue weighted by molar-refractivity contribution is 7.91. The van der Waals surface area contributed by atoms with Gasteiger partial charge < -0.3 is 4.52 Å². The summed E-state index contributed by atoms with van der Waals surface area (Å²) < 4.78 is 30.2. The van der Waals surface area contributed by atoms with E-state index in [-0.39, 0.29) is 17.7 Å². The summed E-state index contributed by atoms with van der Waals surface area (Å²) in [4.78, 5) is 7.00. The normalized spacial score (nSPS) is 19.2. The van der Waals surface area contributed by atoms with E-state index in [1.54, 1.807) is 24.3 Å². The molecule has 1 aliphatic rings. The zero-order valence-electron chi connectivity index (χ0n) is 14.1. The fourth-order valence-electron chi connectivity index (χ4n) is 2.99. The maximum absolute atomic E-state index is 12.4. The Balaban J connectivity index is 1.68.